The molecule has 1 aromatic carbocycles. The fourth-order valence-electron chi connectivity index (χ4n) is 1.42. The van der Waals surface area contributed by atoms with Crippen molar-refractivity contribution in [3.8, 4) is 0 Å². The minimum Gasteiger partial charge on any atom is -0.351 e. The number of carbonyl (C=O) groups excluding carboxylic acids is 1. The summed E-state index contributed by atoms with van der Waals surface area (Å²) in [5.74, 6) is -0.332. The summed E-state index contributed by atoms with van der Waals surface area (Å²) >= 11 is 0. The molecule has 0 aliphatic carbocycles. The number of nitrogens with one attached hydrogen (secondary N) is 1. The van der Waals surface area contributed by atoms with Crippen molar-refractivity contribution < 1.29 is 4.79 Å². The summed E-state index contributed by atoms with van der Waals surface area (Å²) in [7, 11) is 0. The van der Waals surface area contributed by atoms with Gasteiger partial charge in [-0.25, -0.2) is 4.98 Å². The number of azide groups is 1. The van der Waals surface area contributed by atoms with Crippen LogP contribution in [0.3, 0.4) is 0 Å². The van der Waals surface area contributed by atoms with E-state index in [2.05, 4.69) is 25.3 Å². The average Bonchev–Trinajstić information content (AvgIpc) is 2.43. The summed E-state index contributed by atoms with van der Waals surface area (Å²) < 4.78 is 0. The van der Waals surface area contributed by atoms with Crippen molar-refractivity contribution in [2.45, 2.75) is 0 Å². The maximum atomic E-state index is 11.7. The molecule has 1 amide bonds. The lowest BCUT2D eigenvalue weighted by atomic mass is 10.3. The molecule has 0 unspecified atom stereocenters. The fraction of sp³-hybridized carbons (Fsp3) is 0.182. The number of hydrogen-bond acceptors (Lipinski definition) is 4. The number of aromatic nitrogens is 2. The van der Waals surface area contributed by atoms with Gasteiger partial charge in [0, 0.05) is 18.0 Å². The molecule has 18 heavy (non-hydrogen) atoms. The number of para-hydroxylation sites is 2. The molecule has 0 aliphatic heterocycles. The molecular weight excluding hydrogens is 232 g/mol. The first-order valence-electron chi connectivity index (χ1n) is 5.32. The monoisotopic (exact) mass is 242 g/mol. The van der Waals surface area contributed by atoms with E-state index < -0.39 is 0 Å². The summed E-state index contributed by atoms with van der Waals surface area (Å²) in [6, 6.07) is 7.31. The van der Waals surface area contributed by atoms with Gasteiger partial charge < -0.3 is 5.32 Å². The predicted octanol–water partition coefficient (Wildman–Crippen LogP) is 1.67. The molecule has 2 aromatic rings. The van der Waals surface area contributed by atoms with Crippen LogP contribution in [0.15, 0.2) is 35.6 Å². The van der Waals surface area contributed by atoms with Crippen molar-refractivity contribution in [1.82, 2.24) is 15.3 Å². The van der Waals surface area contributed by atoms with E-state index in [1.165, 1.54) is 6.20 Å². The van der Waals surface area contributed by atoms with E-state index in [9.17, 15) is 4.79 Å². The van der Waals surface area contributed by atoms with Crippen molar-refractivity contribution in [2.24, 2.45) is 5.11 Å². The fourth-order valence-corrected chi connectivity index (χ4v) is 1.42. The third-order valence-electron chi connectivity index (χ3n) is 2.24. The van der Waals surface area contributed by atoms with Gasteiger partial charge in [-0.2, -0.15) is 0 Å². The molecule has 0 radical (unpaired) electrons. The Balaban J connectivity index is 2.10. The van der Waals surface area contributed by atoms with E-state index in [1.54, 1.807) is 6.07 Å². The highest BCUT2D eigenvalue weighted by Gasteiger charge is 2.07. The van der Waals surface area contributed by atoms with Crippen LogP contribution in [-0.2, 0) is 0 Å². The summed E-state index contributed by atoms with van der Waals surface area (Å²) in [4.78, 5) is 22.6. The van der Waals surface area contributed by atoms with Crippen LogP contribution in [0.2, 0.25) is 0 Å². The van der Waals surface area contributed by atoms with E-state index in [-0.39, 0.29) is 24.7 Å². The highest BCUT2D eigenvalue weighted by molar-refractivity contribution is 5.93. The van der Waals surface area contributed by atoms with Gasteiger partial charge in [0.2, 0.25) is 0 Å². The first-order chi connectivity index (χ1) is 8.81. The van der Waals surface area contributed by atoms with Crippen molar-refractivity contribution in [3.05, 3.63) is 46.6 Å². The molecular formula is C11H10N6O. The predicted molar refractivity (Wildman–Crippen MR) is 65.9 cm³/mol. The lowest BCUT2D eigenvalue weighted by Crippen LogP contribution is -2.26. The number of rotatable bonds is 4. The van der Waals surface area contributed by atoms with Gasteiger partial charge in [-0.1, -0.05) is 17.2 Å². The molecule has 0 aliphatic rings. The van der Waals surface area contributed by atoms with Crippen LogP contribution >= 0.6 is 0 Å². The molecule has 7 nitrogen and oxygen atoms in total. The van der Waals surface area contributed by atoms with Gasteiger partial charge in [0.25, 0.3) is 5.91 Å². The minimum atomic E-state index is -0.332. The van der Waals surface area contributed by atoms with Gasteiger partial charge in [-0.15, -0.1) is 0 Å². The quantitative estimate of drug-likeness (QED) is 0.381. The first kappa shape index (κ1) is 11.8. The Morgan fingerprint density at radius 2 is 2.17 bits per heavy atom. The molecule has 1 N–H and O–H groups in total. The van der Waals surface area contributed by atoms with Gasteiger partial charge in [0.05, 0.1) is 17.2 Å². The maximum Gasteiger partial charge on any atom is 0.271 e. The summed E-state index contributed by atoms with van der Waals surface area (Å²) in [6.45, 7) is 0.487. The van der Waals surface area contributed by atoms with Crippen LogP contribution in [0, 0.1) is 0 Å². The summed E-state index contributed by atoms with van der Waals surface area (Å²) in [5, 5.41) is 5.91. The Morgan fingerprint density at radius 1 is 1.39 bits per heavy atom. The number of carbonyl (C=O) groups is 1. The normalized spacial score (nSPS) is 9.78. The van der Waals surface area contributed by atoms with Crippen molar-refractivity contribution >= 4 is 16.9 Å². The minimum absolute atomic E-state index is 0.212. The molecule has 90 valence electrons. The molecule has 0 saturated heterocycles. The second-order valence-corrected chi connectivity index (χ2v) is 3.45. The summed E-state index contributed by atoms with van der Waals surface area (Å²) in [5.41, 5.74) is 9.74. The summed E-state index contributed by atoms with van der Waals surface area (Å²) in [6.07, 6.45) is 1.42. The van der Waals surface area contributed by atoms with Gasteiger partial charge in [0.1, 0.15) is 5.69 Å². The maximum absolute atomic E-state index is 11.7. The number of benzene rings is 1. The van der Waals surface area contributed by atoms with Crippen LogP contribution in [0.4, 0.5) is 0 Å². The Kier molecular flexibility index (Phi) is 3.68. The van der Waals surface area contributed by atoms with E-state index >= 15 is 0 Å². The zero-order chi connectivity index (χ0) is 12.8. The Hall–Kier alpha value is -2.66. The van der Waals surface area contributed by atoms with Gasteiger partial charge in [-0.3, -0.25) is 9.78 Å². The Morgan fingerprint density at radius 3 is 2.94 bits per heavy atom. The zero-order valence-electron chi connectivity index (χ0n) is 9.45. The topological polar surface area (TPSA) is 104 Å². The lowest BCUT2D eigenvalue weighted by Gasteiger charge is -2.03. The molecule has 0 saturated carbocycles. The molecule has 0 spiro atoms. The average molecular weight is 242 g/mol. The molecule has 0 bridgehead atoms. The van der Waals surface area contributed by atoms with Crippen LogP contribution < -0.4 is 5.32 Å². The third kappa shape index (κ3) is 2.72. The SMILES string of the molecule is [N-]=[N+]=NCCNC(=O)c1cnc2ccccc2n1. The Bertz CT molecular complexity index is 620. The van der Waals surface area contributed by atoms with Crippen LogP contribution in [0.5, 0.6) is 0 Å². The van der Waals surface area contributed by atoms with Crippen molar-refractivity contribution in [2.75, 3.05) is 13.1 Å². The van der Waals surface area contributed by atoms with Crippen molar-refractivity contribution in [1.29, 1.82) is 0 Å². The third-order valence-corrected chi connectivity index (χ3v) is 2.24. The molecule has 7 heteroatoms. The van der Waals surface area contributed by atoms with Gasteiger partial charge in [0.15, 0.2) is 0 Å². The van der Waals surface area contributed by atoms with E-state index in [4.69, 9.17) is 5.53 Å². The second-order valence-electron chi connectivity index (χ2n) is 3.45. The standard InChI is InChI=1S/C11H10N6O/c12-17-15-6-5-13-11(18)10-7-14-8-3-1-2-4-9(8)16-10/h1-4,7H,5-6H2,(H,13,18). The number of amides is 1. The second kappa shape index (κ2) is 5.60. The van der Waals surface area contributed by atoms with Gasteiger partial charge >= 0.3 is 0 Å². The molecule has 2 rings (SSSR count). The largest absolute Gasteiger partial charge is 0.351 e. The van der Waals surface area contributed by atoms with Crippen molar-refractivity contribution in [3.63, 3.8) is 0 Å². The lowest BCUT2D eigenvalue weighted by molar-refractivity contribution is 0.0950. The smallest absolute Gasteiger partial charge is 0.271 e. The van der Waals surface area contributed by atoms with Crippen LogP contribution in [0.25, 0.3) is 21.5 Å². The first-order valence-corrected chi connectivity index (χ1v) is 5.32. The van der Waals surface area contributed by atoms with E-state index in [0.29, 0.717) is 5.52 Å². The van der Waals surface area contributed by atoms with Gasteiger partial charge in [-0.05, 0) is 17.7 Å². The van der Waals surface area contributed by atoms with Crippen LogP contribution in [0.1, 0.15) is 10.5 Å². The van der Waals surface area contributed by atoms with E-state index in [1.807, 2.05) is 18.2 Å². The molecule has 1 heterocycles. The number of fused-ring (bicyclic) bond motifs is 1. The highest BCUT2D eigenvalue weighted by Crippen LogP contribution is 2.08. The van der Waals surface area contributed by atoms with E-state index in [0.717, 1.165) is 5.52 Å². The molecule has 0 atom stereocenters. The Labute approximate surface area is 102 Å². The number of nitrogens with zero attached hydrogens (tertiary/aromatic N) is 5. The van der Waals surface area contributed by atoms with Crippen LogP contribution in [-0.4, -0.2) is 29.0 Å². The number of hydrogen-bond donors (Lipinski definition) is 1. The zero-order valence-corrected chi connectivity index (χ0v) is 9.45. The molecule has 0 fully saturated rings. The molecule has 1 aromatic heterocycles. The highest BCUT2D eigenvalue weighted by atomic mass is 16.1.